The summed E-state index contributed by atoms with van der Waals surface area (Å²) in [4.78, 5) is 4.33. The van der Waals surface area contributed by atoms with Gasteiger partial charge in [0.2, 0.25) is 0 Å². The number of benzene rings is 2. The van der Waals surface area contributed by atoms with E-state index in [4.69, 9.17) is 11.6 Å². The summed E-state index contributed by atoms with van der Waals surface area (Å²) < 4.78 is 1.20. The molecule has 0 fully saturated rings. The molecule has 0 amide bonds. The van der Waals surface area contributed by atoms with Crippen molar-refractivity contribution in [3.8, 4) is 0 Å². The van der Waals surface area contributed by atoms with E-state index in [2.05, 4.69) is 35.4 Å². The molecule has 3 aromatic rings. The molecular weight excluding hydrogens is 276 g/mol. The number of rotatable bonds is 3. The third-order valence-electron chi connectivity index (χ3n) is 3.09. The first-order chi connectivity index (χ1) is 9.24. The van der Waals surface area contributed by atoms with Gasteiger partial charge in [-0.05, 0) is 36.8 Å². The van der Waals surface area contributed by atoms with E-state index in [9.17, 15) is 0 Å². The van der Waals surface area contributed by atoms with Gasteiger partial charge in [-0.15, -0.1) is 11.3 Å². The first-order valence-corrected chi connectivity index (χ1v) is 7.34. The fourth-order valence-corrected chi connectivity index (χ4v) is 3.06. The molecule has 0 aliphatic carbocycles. The van der Waals surface area contributed by atoms with E-state index in [0.717, 1.165) is 21.8 Å². The predicted octanol–water partition coefficient (Wildman–Crippen LogP) is 5.12. The van der Waals surface area contributed by atoms with E-state index in [0.29, 0.717) is 0 Å². The average molecular weight is 289 g/mol. The molecule has 0 saturated carbocycles. The largest absolute Gasteiger partial charge is 0.378 e. The van der Waals surface area contributed by atoms with E-state index in [-0.39, 0.29) is 6.04 Å². The molecule has 1 heterocycles. The van der Waals surface area contributed by atoms with E-state index < -0.39 is 0 Å². The number of aromatic nitrogens is 1. The molecule has 1 N–H and O–H groups in total. The van der Waals surface area contributed by atoms with Crippen LogP contribution in [-0.4, -0.2) is 4.98 Å². The number of hydrogen-bond acceptors (Lipinski definition) is 3. The lowest BCUT2D eigenvalue weighted by atomic mass is 10.1. The maximum absolute atomic E-state index is 6.21. The summed E-state index contributed by atoms with van der Waals surface area (Å²) in [5, 5.41) is 4.25. The highest BCUT2D eigenvalue weighted by atomic mass is 35.5. The Morgan fingerprint density at radius 3 is 2.89 bits per heavy atom. The Morgan fingerprint density at radius 2 is 2.05 bits per heavy atom. The van der Waals surface area contributed by atoms with Crippen LogP contribution in [0.5, 0.6) is 0 Å². The molecular formula is C15H13ClN2S. The second-order valence-electron chi connectivity index (χ2n) is 4.42. The maximum atomic E-state index is 6.21. The number of anilines is 1. The van der Waals surface area contributed by atoms with Crippen LogP contribution in [0.3, 0.4) is 0 Å². The number of thiazole rings is 1. The Hall–Kier alpha value is -1.58. The van der Waals surface area contributed by atoms with Crippen molar-refractivity contribution < 1.29 is 0 Å². The first kappa shape index (κ1) is 12.5. The molecule has 1 aromatic heterocycles. The molecule has 0 aliphatic rings. The van der Waals surface area contributed by atoms with Gasteiger partial charge in [0, 0.05) is 16.8 Å². The van der Waals surface area contributed by atoms with Gasteiger partial charge in [0.25, 0.3) is 0 Å². The van der Waals surface area contributed by atoms with E-state index >= 15 is 0 Å². The molecule has 0 radical (unpaired) electrons. The second-order valence-corrected chi connectivity index (χ2v) is 5.72. The Kier molecular flexibility index (Phi) is 3.40. The van der Waals surface area contributed by atoms with Gasteiger partial charge >= 0.3 is 0 Å². The topological polar surface area (TPSA) is 24.9 Å². The van der Waals surface area contributed by atoms with Crippen LogP contribution in [0, 0.1) is 0 Å². The number of fused-ring (bicyclic) bond motifs is 1. The van der Waals surface area contributed by atoms with Crippen molar-refractivity contribution in [2.24, 2.45) is 0 Å². The van der Waals surface area contributed by atoms with E-state index in [1.807, 2.05) is 29.8 Å². The third kappa shape index (κ3) is 2.57. The molecule has 96 valence electrons. The van der Waals surface area contributed by atoms with Crippen molar-refractivity contribution in [2.75, 3.05) is 5.32 Å². The van der Waals surface area contributed by atoms with E-state index in [1.54, 1.807) is 11.3 Å². The zero-order valence-corrected chi connectivity index (χ0v) is 12.0. The van der Waals surface area contributed by atoms with Gasteiger partial charge in [-0.2, -0.15) is 0 Å². The van der Waals surface area contributed by atoms with Crippen molar-refractivity contribution in [1.82, 2.24) is 4.98 Å². The van der Waals surface area contributed by atoms with Crippen molar-refractivity contribution >= 4 is 38.8 Å². The van der Waals surface area contributed by atoms with Crippen LogP contribution >= 0.6 is 22.9 Å². The Bertz CT molecular complexity index is 708. The highest BCUT2D eigenvalue weighted by Gasteiger charge is 2.09. The van der Waals surface area contributed by atoms with Crippen molar-refractivity contribution in [2.45, 2.75) is 13.0 Å². The van der Waals surface area contributed by atoms with Crippen LogP contribution in [0.4, 0.5) is 5.69 Å². The van der Waals surface area contributed by atoms with Crippen LogP contribution in [0.15, 0.2) is 48.0 Å². The van der Waals surface area contributed by atoms with Gasteiger partial charge in [-0.3, -0.25) is 0 Å². The number of nitrogens with zero attached hydrogens (tertiary/aromatic N) is 1. The van der Waals surface area contributed by atoms with Crippen molar-refractivity contribution in [3.63, 3.8) is 0 Å². The quantitative estimate of drug-likeness (QED) is 0.723. The molecule has 19 heavy (non-hydrogen) atoms. The Balaban J connectivity index is 1.86. The fourth-order valence-electron chi connectivity index (χ4n) is 2.10. The zero-order valence-electron chi connectivity index (χ0n) is 10.4. The van der Waals surface area contributed by atoms with E-state index in [1.165, 1.54) is 4.70 Å². The van der Waals surface area contributed by atoms with Gasteiger partial charge < -0.3 is 5.32 Å². The first-order valence-electron chi connectivity index (χ1n) is 6.08. The molecule has 1 unspecified atom stereocenters. The van der Waals surface area contributed by atoms with Crippen LogP contribution in [0.2, 0.25) is 5.02 Å². The lowest BCUT2D eigenvalue weighted by Gasteiger charge is -2.16. The number of halogens is 1. The van der Waals surface area contributed by atoms with Crippen LogP contribution in [-0.2, 0) is 0 Å². The Morgan fingerprint density at radius 1 is 1.21 bits per heavy atom. The van der Waals surface area contributed by atoms with Crippen LogP contribution < -0.4 is 5.32 Å². The van der Waals surface area contributed by atoms with Crippen molar-refractivity contribution in [1.29, 1.82) is 0 Å². The normalized spacial score (nSPS) is 12.5. The Labute approximate surface area is 121 Å². The average Bonchev–Trinajstić information content (AvgIpc) is 2.86. The summed E-state index contributed by atoms with van der Waals surface area (Å²) in [5.74, 6) is 0. The molecule has 2 nitrogen and oxygen atoms in total. The van der Waals surface area contributed by atoms with Crippen LogP contribution in [0.1, 0.15) is 18.5 Å². The second kappa shape index (κ2) is 5.19. The number of hydrogen-bond donors (Lipinski definition) is 1. The lowest BCUT2D eigenvalue weighted by molar-refractivity contribution is 0.885. The minimum absolute atomic E-state index is 0.157. The standard InChI is InChI=1S/C15H13ClN2S/c1-10(12-4-2-3-5-13(12)16)18-11-6-7-15-14(8-11)17-9-19-15/h2-10,18H,1H3. The highest BCUT2D eigenvalue weighted by molar-refractivity contribution is 7.16. The SMILES string of the molecule is CC(Nc1ccc2scnc2c1)c1ccccc1Cl. The smallest absolute Gasteiger partial charge is 0.0832 e. The summed E-state index contributed by atoms with van der Waals surface area (Å²) in [5.41, 5.74) is 5.06. The molecule has 0 spiro atoms. The van der Waals surface area contributed by atoms with Gasteiger partial charge in [0.1, 0.15) is 0 Å². The van der Waals surface area contributed by atoms with Gasteiger partial charge in [-0.25, -0.2) is 4.98 Å². The molecule has 0 aliphatic heterocycles. The fraction of sp³-hybridized carbons (Fsp3) is 0.133. The molecule has 0 bridgehead atoms. The molecule has 4 heteroatoms. The molecule has 1 atom stereocenters. The number of nitrogens with one attached hydrogen (secondary N) is 1. The monoisotopic (exact) mass is 288 g/mol. The van der Waals surface area contributed by atoms with Gasteiger partial charge in [0.05, 0.1) is 15.7 Å². The maximum Gasteiger partial charge on any atom is 0.0832 e. The summed E-state index contributed by atoms with van der Waals surface area (Å²) in [6, 6.07) is 14.3. The predicted molar refractivity (Wildman–Crippen MR) is 83.1 cm³/mol. The van der Waals surface area contributed by atoms with Gasteiger partial charge in [-0.1, -0.05) is 29.8 Å². The molecule has 3 rings (SSSR count). The summed E-state index contributed by atoms with van der Waals surface area (Å²) in [7, 11) is 0. The van der Waals surface area contributed by atoms with Gasteiger partial charge in [0.15, 0.2) is 0 Å². The van der Waals surface area contributed by atoms with Crippen LogP contribution in [0.25, 0.3) is 10.2 Å². The minimum Gasteiger partial charge on any atom is -0.378 e. The summed E-state index contributed by atoms with van der Waals surface area (Å²) in [6.45, 7) is 2.10. The van der Waals surface area contributed by atoms with Crippen molar-refractivity contribution in [3.05, 3.63) is 58.6 Å². The minimum atomic E-state index is 0.157. The third-order valence-corrected chi connectivity index (χ3v) is 4.24. The summed E-state index contributed by atoms with van der Waals surface area (Å²) in [6.07, 6.45) is 0. The lowest BCUT2D eigenvalue weighted by Crippen LogP contribution is -2.06. The highest BCUT2D eigenvalue weighted by Crippen LogP contribution is 2.27. The summed E-state index contributed by atoms with van der Waals surface area (Å²) >= 11 is 7.87. The molecule has 2 aromatic carbocycles. The molecule has 0 saturated heterocycles. The zero-order chi connectivity index (χ0) is 13.2.